The summed E-state index contributed by atoms with van der Waals surface area (Å²) in [7, 11) is 0. The summed E-state index contributed by atoms with van der Waals surface area (Å²) in [6, 6.07) is 15.6. The molecule has 3 aromatic rings. The molecule has 0 unspecified atom stereocenters. The summed E-state index contributed by atoms with van der Waals surface area (Å²) < 4.78 is 38.0. The van der Waals surface area contributed by atoms with Gasteiger partial charge in [0.25, 0.3) is 0 Å². The molecule has 0 aliphatic rings. The summed E-state index contributed by atoms with van der Waals surface area (Å²) in [5, 5.41) is 2.21. The molecule has 0 saturated heterocycles. The number of hydrogen-bond donors (Lipinski definition) is 0. The minimum Gasteiger partial charge on any atom is -1.00 e. The summed E-state index contributed by atoms with van der Waals surface area (Å²) in [5.74, 6) is 0.424. The molecular weight excluding hydrogens is 447 g/mol. The summed E-state index contributed by atoms with van der Waals surface area (Å²) in [6.07, 6.45) is -4.30. The molecule has 3 aromatic carbocycles. The minimum atomic E-state index is -4.30. The van der Waals surface area contributed by atoms with E-state index in [1.165, 1.54) is 5.56 Å². The second kappa shape index (κ2) is 9.30. The second-order valence-electron chi connectivity index (χ2n) is 5.83. The molecule has 0 saturated carbocycles. The Kier molecular flexibility index (Phi) is 9.04. The molecule has 0 bridgehead atoms. The first-order valence-corrected chi connectivity index (χ1v) is 7.23. The van der Waals surface area contributed by atoms with Crippen molar-refractivity contribution in [3.8, 4) is 11.1 Å². The molecule has 0 amide bonds. The van der Waals surface area contributed by atoms with Crippen LogP contribution in [0.5, 0.6) is 0 Å². The Labute approximate surface area is 177 Å². The largest absolute Gasteiger partial charge is 3.00 e. The van der Waals surface area contributed by atoms with Crippen molar-refractivity contribution < 1.29 is 64.2 Å². The van der Waals surface area contributed by atoms with Crippen LogP contribution >= 0.6 is 0 Å². The Balaban J connectivity index is 0.00000192. The van der Waals surface area contributed by atoms with Gasteiger partial charge in [-0.2, -0.15) is 19.2 Å². The third-order valence-electron chi connectivity index (χ3n) is 3.96. The molecule has 131 valence electrons. The molecule has 0 aromatic heterocycles. The van der Waals surface area contributed by atoms with Gasteiger partial charge in [0.2, 0.25) is 0 Å². The van der Waals surface area contributed by atoms with E-state index in [1.54, 1.807) is 12.1 Å². The van der Waals surface area contributed by atoms with Crippen LogP contribution in [0, 0.1) is 0 Å². The molecular formula is C19H16Cl2F3Zr. The van der Waals surface area contributed by atoms with Crippen LogP contribution < -0.4 is 24.8 Å². The van der Waals surface area contributed by atoms with Gasteiger partial charge in [-0.25, -0.2) is 0 Å². The third-order valence-corrected chi connectivity index (χ3v) is 3.96. The van der Waals surface area contributed by atoms with Crippen molar-refractivity contribution in [1.82, 2.24) is 0 Å². The second-order valence-corrected chi connectivity index (χ2v) is 5.83. The topological polar surface area (TPSA) is 0 Å². The van der Waals surface area contributed by atoms with E-state index >= 15 is 0 Å². The predicted molar refractivity (Wildman–Crippen MR) is 84.1 cm³/mol. The first-order valence-electron chi connectivity index (χ1n) is 7.23. The molecule has 25 heavy (non-hydrogen) atoms. The Bertz CT molecular complexity index is 806. The quantitative estimate of drug-likeness (QED) is 0.482. The zero-order chi connectivity index (χ0) is 15.9. The van der Waals surface area contributed by atoms with Gasteiger partial charge < -0.3 is 24.8 Å². The molecule has 0 aliphatic heterocycles. The van der Waals surface area contributed by atoms with Crippen molar-refractivity contribution in [2.75, 3.05) is 0 Å². The van der Waals surface area contributed by atoms with Crippen LogP contribution in [0.3, 0.4) is 0 Å². The maximum Gasteiger partial charge on any atom is 3.00 e. The maximum atomic E-state index is 12.7. The van der Waals surface area contributed by atoms with Gasteiger partial charge in [0, 0.05) is 0 Å². The Morgan fingerprint density at radius 1 is 0.920 bits per heavy atom. The fourth-order valence-electron chi connectivity index (χ4n) is 2.68. The van der Waals surface area contributed by atoms with Gasteiger partial charge in [-0.15, -0.1) is 34.5 Å². The number of hydrogen-bond acceptors (Lipinski definition) is 0. The van der Waals surface area contributed by atoms with E-state index in [0.717, 1.165) is 34.0 Å². The van der Waals surface area contributed by atoms with Gasteiger partial charge in [-0.05, 0) is 23.6 Å². The van der Waals surface area contributed by atoms with Gasteiger partial charge in [0.05, 0.1) is 5.56 Å². The molecule has 0 N–H and O–H groups in total. The number of halogens is 5. The van der Waals surface area contributed by atoms with Crippen molar-refractivity contribution >= 4 is 10.8 Å². The molecule has 0 nitrogen and oxygen atoms in total. The van der Waals surface area contributed by atoms with Gasteiger partial charge in [-0.3, -0.25) is 0 Å². The van der Waals surface area contributed by atoms with E-state index in [4.69, 9.17) is 0 Å². The normalized spacial score (nSPS) is 10.8. The first-order chi connectivity index (χ1) is 10.4. The van der Waals surface area contributed by atoms with E-state index in [-0.39, 0.29) is 51.0 Å². The third kappa shape index (κ3) is 5.15. The van der Waals surface area contributed by atoms with E-state index in [1.807, 2.05) is 18.2 Å². The van der Waals surface area contributed by atoms with Crippen LogP contribution in [0.25, 0.3) is 21.9 Å². The Hall–Kier alpha value is -0.697. The van der Waals surface area contributed by atoms with Crippen molar-refractivity contribution in [3.05, 3.63) is 65.7 Å². The summed E-state index contributed by atoms with van der Waals surface area (Å²) in [4.78, 5) is 0. The summed E-state index contributed by atoms with van der Waals surface area (Å²) >= 11 is 0. The average Bonchev–Trinajstić information content (AvgIpc) is 2.90. The molecule has 0 aliphatic carbocycles. The summed E-state index contributed by atoms with van der Waals surface area (Å²) in [5.41, 5.74) is 2.40. The summed E-state index contributed by atoms with van der Waals surface area (Å²) in [6.45, 7) is 4.26. The smallest absolute Gasteiger partial charge is 1.00 e. The van der Waals surface area contributed by atoms with Crippen molar-refractivity contribution in [1.29, 1.82) is 0 Å². The van der Waals surface area contributed by atoms with Gasteiger partial charge in [0.15, 0.2) is 0 Å². The van der Waals surface area contributed by atoms with Crippen molar-refractivity contribution in [2.24, 2.45) is 0 Å². The van der Waals surface area contributed by atoms with Gasteiger partial charge >= 0.3 is 32.4 Å². The van der Waals surface area contributed by atoms with E-state index in [9.17, 15) is 13.2 Å². The van der Waals surface area contributed by atoms with Crippen molar-refractivity contribution in [3.63, 3.8) is 0 Å². The SMILES string of the molecule is CC(C)c1cc2c(-c3ccc(C(F)(F)F)cc3)cccc2[cH-]1.[Cl-].[Cl-].[Zr+3]. The van der Waals surface area contributed by atoms with E-state index in [0.29, 0.717) is 5.92 Å². The number of alkyl halides is 3. The van der Waals surface area contributed by atoms with E-state index in [2.05, 4.69) is 26.0 Å². The maximum absolute atomic E-state index is 12.7. The van der Waals surface area contributed by atoms with Crippen LogP contribution in [-0.2, 0) is 32.4 Å². The van der Waals surface area contributed by atoms with E-state index < -0.39 is 11.7 Å². The van der Waals surface area contributed by atoms with Crippen LogP contribution in [0.1, 0.15) is 30.9 Å². The predicted octanol–water partition coefficient (Wildman–Crippen LogP) is 0.373. The van der Waals surface area contributed by atoms with Gasteiger partial charge in [0.1, 0.15) is 0 Å². The number of rotatable bonds is 2. The number of fused-ring (bicyclic) bond motifs is 1. The molecule has 1 radical (unpaired) electrons. The molecule has 0 spiro atoms. The van der Waals surface area contributed by atoms with Gasteiger partial charge in [-0.1, -0.05) is 37.6 Å². The van der Waals surface area contributed by atoms with Crippen LogP contribution in [0.2, 0.25) is 0 Å². The first kappa shape index (κ1) is 24.3. The minimum absolute atomic E-state index is 0. The monoisotopic (exact) mass is 461 g/mol. The molecule has 0 fully saturated rings. The zero-order valence-electron chi connectivity index (χ0n) is 13.7. The van der Waals surface area contributed by atoms with Crippen LogP contribution in [0.4, 0.5) is 13.2 Å². The molecule has 0 heterocycles. The van der Waals surface area contributed by atoms with Crippen LogP contribution in [0.15, 0.2) is 54.6 Å². The fraction of sp³-hybridized carbons (Fsp3) is 0.211. The number of benzene rings is 2. The molecule has 3 rings (SSSR count). The molecule has 0 atom stereocenters. The fourth-order valence-corrected chi connectivity index (χ4v) is 2.68. The standard InChI is InChI=1S/C19H16F3.2ClH.Zr/c1-12(2)15-10-14-4-3-5-17(18(14)11-15)13-6-8-16(9-7-13)19(20,21)22;;;/h3-12H,1-2H3;2*1H;/q-1;;;+3/p-2. The Morgan fingerprint density at radius 2 is 1.52 bits per heavy atom. The zero-order valence-corrected chi connectivity index (χ0v) is 17.6. The van der Waals surface area contributed by atoms with Crippen molar-refractivity contribution in [2.45, 2.75) is 25.9 Å². The Morgan fingerprint density at radius 3 is 2.04 bits per heavy atom. The van der Waals surface area contributed by atoms with Crippen LogP contribution in [-0.4, -0.2) is 0 Å². The molecule has 6 heteroatoms. The average molecular weight is 463 g/mol.